The standard InChI is InChI=1S/C23H28N2O2/c1-16-4-3-12-25(16)13-10-17-5-7-18(8-6-17)20-14-19-9-11-24-23(26)21(19)15-22(20)27-2/h5-8,14-16H,3-4,9-13H2,1-2H3,(H,24,26)/t16-/m1/s1. The predicted octanol–water partition coefficient (Wildman–Crippen LogP) is 3.67. The first-order valence-corrected chi connectivity index (χ1v) is 9.98. The molecule has 1 atom stereocenters. The van der Waals surface area contributed by atoms with Crippen molar-refractivity contribution in [2.24, 2.45) is 0 Å². The van der Waals surface area contributed by atoms with E-state index in [1.807, 2.05) is 6.07 Å². The van der Waals surface area contributed by atoms with Crippen molar-refractivity contribution in [1.82, 2.24) is 10.2 Å². The Morgan fingerprint density at radius 2 is 2.00 bits per heavy atom. The zero-order chi connectivity index (χ0) is 18.8. The zero-order valence-corrected chi connectivity index (χ0v) is 16.3. The molecule has 1 saturated heterocycles. The minimum Gasteiger partial charge on any atom is -0.496 e. The maximum absolute atomic E-state index is 12.1. The lowest BCUT2D eigenvalue weighted by molar-refractivity contribution is 0.0945. The molecule has 1 fully saturated rings. The molecule has 2 aliphatic heterocycles. The first kappa shape index (κ1) is 18.1. The minimum absolute atomic E-state index is 0.00686. The lowest BCUT2D eigenvalue weighted by Gasteiger charge is -2.21. The fourth-order valence-electron chi connectivity index (χ4n) is 4.29. The van der Waals surface area contributed by atoms with Gasteiger partial charge in [-0.25, -0.2) is 0 Å². The molecule has 142 valence electrons. The lowest BCUT2D eigenvalue weighted by atomic mass is 9.93. The third kappa shape index (κ3) is 3.72. The smallest absolute Gasteiger partial charge is 0.251 e. The van der Waals surface area contributed by atoms with E-state index in [1.54, 1.807) is 7.11 Å². The van der Waals surface area contributed by atoms with Crippen LogP contribution in [-0.2, 0) is 12.8 Å². The fourth-order valence-corrected chi connectivity index (χ4v) is 4.29. The minimum atomic E-state index is -0.00686. The molecule has 0 spiro atoms. The molecule has 0 saturated carbocycles. The lowest BCUT2D eigenvalue weighted by Crippen LogP contribution is -2.31. The van der Waals surface area contributed by atoms with Crippen molar-refractivity contribution in [3.05, 3.63) is 53.1 Å². The molecule has 2 aromatic rings. The molecule has 27 heavy (non-hydrogen) atoms. The van der Waals surface area contributed by atoms with Crippen molar-refractivity contribution in [2.45, 2.75) is 38.6 Å². The van der Waals surface area contributed by atoms with Gasteiger partial charge in [0.1, 0.15) is 5.75 Å². The van der Waals surface area contributed by atoms with Crippen molar-refractivity contribution in [3.63, 3.8) is 0 Å². The van der Waals surface area contributed by atoms with Gasteiger partial charge in [0.05, 0.1) is 7.11 Å². The van der Waals surface area contributed by atoms with Crippen LogP contribution in [0.2, 0.25) is 0 Å². The van der Waals surface area contributed by atoms with Gasteiger partial charge in [0.25, 0.3) is 5.91 Å². The molecule has 4 rings (SSSR count). The number of hydrogen-bond donors (Lipinski definition) is 1. The second-order valence-electron chi connectivity index (χ2n) is 7.69. The SMILES string of the molecule is COc1cc2c(cc1-c1ccc(CCN3CCC[C@H]3C)cc1)CCNC2=O. The van der Waals surface area contributed by atoms with Crippen molar-refractivity contribution < 1.29 is 9.53 Å². The number of ether oxygens (including phenoxy) is 1. The Morgan fingerprint density at radius 1 is 1.19 bits per heavy atom. The summed E-state index contributed by atoms with van der Waals surface area (Å²) in [5.41, 5.74) is 5.40. The summed E-state index contributed by atoms with van der Waals surface area (Å²) in [5.74, 6) is 0.747. The molecular weight excluding hydrogens is 336 g/mol. The summed E-state index contributed by atoms with van der Waals surface area (Å²) < 4.78 is 5.58. The van der Waals surface area contributed by atoms with Gasteiger partial charge in [0.15, 0.2) is 0 Å². The molecule has 0 radical (unpaired) electrons. The highest BCUT2D eigenvalue weighted by molar-refractivity contribution is 5.98. The maximum Gasteiger partial charge on any atom is 0.251 e. The third-order valence-corrected chi connectivity index (χ3v) is 5.99. The van der Waals surface area contributed by atoms with E-state index in [9.17, 15) is 4.79 Å². The Morgan fingerprint density at radius 3 is 2.70 bits per heavy atom. The number of likely N-dealkylation sites (tertiary alicyclic amines) is 1. The number of benzene rings is 2. The number of rotatable bonds is 5. The van der Waals surface area contributed by atoms with E-state index in [1.165, 1.54) is 24.9 Å². The molecule has 4 nitrogen and oxygen atoms in total. The Bertz CT molecular complexity index is 829. The zero-order valence-electron chi connectivity index (χ0n) is 16.3. The van der Waals surface area contributed by atoms with Crippen LogP contribution in [0.15, 0.2) is 36.4 Å². The van der Waals surface area contributed by atoms with E-state index in [2.05, 4.69) is 47.5 Å². The molecule has 1 N–H and O–H groups in total. The summed E-state index contributed by atoms with van der Waals surface area (Å²) in [5, 5.41) is 2.90. The molecular formula is C23H28N2O2. The molecule has 2 heterocycles. The van der Waals surface area contributed by atoms with Gasteiger partial charge < -0.3 is 15.0 Å². The van der Waals surface area contributed by atoms with E-state index in [0.29, 0.717) is 6.54 Å². The highest BCUT2D eigenvalue weighted by Gasteiger charge is 2.21. The van der Waals surface area contributed by atoms with Gasteiger partial charge in [-0.2, -0.15) is 0 Å². The number of amides is 1. The molecule has 2 aromatic carbocycles. The number of fused-ring (bicyclic) bond motifs is 1. The average molecular weight is 364 g/mol. The third-order valence-electron chi connectivity index (χ3n) is 5.99. The van der Waals surface area contributed by atoms with Crippen LogP contribution >= 0.6 is 0 Å². The van der Waals surface area contributed by atoms with Crippen LogP contribution < -0.4 is 10.1 Å². The number of nitrogens with zero attached hydrogens (tertiary/aromatic N) is 1. The van der Waals surface area contributed by atoms with Crippen LogP contribution in [0.1, 0.15) is 41.3 Å². The van der Waals surface area contributed by atoms with Crippen LogP contribution in [0.25, 0.3) is 11.1 Å². The largest absolute Gasteiger partial charge is 0.496 e. The van der Waals surface area contributed by atoms with Crippen molar-refractivity contribution in [3.8, 4) is 16.9 Å². The quantitative estimate of drug-likeness (QED) is 0.880. The molecule has 0 aliphatic carbocycles. The summed E-state index contributed by atoms with van der Waals surface area (Å²) in [6.45, 7) is 5.40. The Labute approximate surface area is 161 Å². The monoisotopic (exact) mass is 364 g/mol. The van der Waals surface area contributed by atoms with E-state index < -0.39 is 0 Å². The van der Waals surface area contributed by atoms with Crippen LogP contribution in [0.4, 0.5) is 0 Å². The van der Waals surface area contributed by atoms with Crippen molar-refractivity contribution in [2.75, 3.05) is 26.7 Å². The van der Waals surface area contributed by atoms with E-state index >= 15 is 0 Å². The summed E-state index contributed by atoms with van der Waals surface area (Å²) >= 11 is 0. The van der Waals surface area contributed by atoms with E-state index in [-0.39, 0.29) is 5.91 Å². The second kappa shape index (κ2) is 7.73. The second-order valence-corrected chi connectivity index (χ2v) is 7.69. The average Bonchev–Trinajstić information content (AvgIpc) is 3.11. The fraction of sp³-hybridized carbons (Fsp3) is 0.435. The van der Waals surface area contributed by atoms with Gasteiger partial charge in [-0.15, -0.1) is 0 Å². The predicted molar refractivity (Wildman–Crippen MR) is 108 cm³/mol. The highest BCUT2D eigenvalue weighted by atomic mass is 16.5. The Hall–Kier alpha value is -2.33. The van der Waals surface area contributed by atoms with Crippen LogP contribution in [0.3, 0.4) is 0 Å². The first-order chi connectivity index (χ1) is 13.2. The first-order valence-electron chi connectivity index (χ1n) is 9.98. The summed E-state index contributed by atoms with van der Waals surface area (Å²) in [7, 11) is 1.66. The van der Waals surface area contributed by atoms with E-state index in [0.717, 1.165) is 53.4 Å². The van der Waals surface area contributed by atoms with Crippen LogP contribution in [0, 0.1) is 0 Å². The number of hydrogen-bond acceptors (Lipinski definition) is 3. The van der Waals surface area contributed by atoms with Gasteiger partial charge in [-0.1, -0.05) is 24.3 Å². The van der Waals surface area contributed by atoms with Crippen LogP contribution in [-0.4, -0.2) is 43.6 Å². The summed E-state index contributed by atoms with van der Waals surface area (Å²) in [6, 6.07) is 13.5. The Kier molecular flexibility index (Phi) is 5.17. The maximum atomic E-state index is 12.1. The van der Waals surface area contributed by atoms with Gasteiger partial charge >= 0.3 is 0 Å². The van der Waals surface area contributed by atoms with Gasteiger partial charge in [0, 0.05) is 30.3 Å². The molecule has 0 bridgehead atoms. The van der Waals surface area contributed by atoms with E-state index in [4.69, 9.17) is 4.74 Å². The molecule has 0 aromatic heterocycles. The number of methoxy groups -OCH3 is 1. The number of carbonyl (C=O) groups excluding carboxylic acids is 1. The number of nitrogens with one attached hydrogen (secondary N) is 1. The van der Waals surface area contributed by atoms with Crippen molar-refractivity contribution >= 4 is 5.91 Å². The number of carbonyl (C=O) groups is 1. The van der Waals surface area contributed by atoms with Crippen LogP contribution in [0.5, 0.6) is 5.75 Å². The molecule has 0 unspecified atom stereocenters. The topological polar surface area (TPSA) is 41.6 Å². The molecule has 4 heteroatoms. The normalized spacial score (nSPS) is 19.6. The van der Waals surface area contributed by atoms with Gasteiger partial charge in [-0.05, 0) is 68.0 Å². The summed E-state index contributed by atoms with van der Waals surface area (Å²) in [6.07, 6.45) is 4.61. The van der Waals surface area contributed by atoms with Crippen molar-refractivity contribution in [1.29, 1.82) is 0 Å². The van der Waals surface area contributed by atoms with Gasteiger partial charge in [0.2, 0.25) is 0 Å². The summed E-state index contributed by atoms with van der Waals surface area (Å²) in [4.78, 5) is 14.7. The molecule has 1 amide bonds. The van der Waals surface area contributed by atoms with Gasteiger partial charge in [-0.3, -0.25) is 4.79 Å². The molecule has 2 aliphatic rings. The Balaban J connectivity index is 1.54. The highest BCUT2D eigenvalue weighted by Crippen LogP contribution is 2.34.